The molecule has 0 aromatic heterocycles. The third-order valence-corrected chi connectivity index (χ3v) is 3.35. The second kappa shape index (κ2) is 6.20. The number of halogens is 1. The van der Waals surface area contributed by atoms with Crippen LogP contribution in [0.5, 0.6) is 0 Å². The predicted molar refractivity (Wildman–Crippen MR) is 67.2 cm³/mol. The number of nitrogens with one attached hydrogen (secondary N) is 1. The lowest BCUT2D eigenvalue weighted by atomic mass is 9.92. The van der Waals surface area contributed by atoms with Gasteiger partial charge in [0.05, 0.1) is 12.2 Å². The molecule has 1 heterocycles. The number of ether oxygens (including phenoxy) is 2. The van der Waals surface area contributed by atoms with E-state index in [-0.39, 0.29) is 11.1 Å². The molecular weight excluding hydrogens is 226 g/mol. The molecule has 4 heteroatoms. The van der Waals surface area contributed by atoms with E-state index in [0.29, 0.717) is 5.88 Å². The summed E-state index contributed by atoms with van der Waals surface area (Å²) in [5.74, 6) is 0.645. The molecule has 3 nitrogen and oxygen atoms in total. The van der Waals surface area contributed by atoms with E-state index in [1.165, 1.54) is 0 Å². The van der Waals surface area contributed by atoms with Gasteiger partial charge in [-0.25, -0.2) is 0 Å². The Morgan fingerprint density at radius 3 is 2.44 bits per heavy atom. The second-order valence-electron chi connectivity index (χ2n) is 5.41. The van der Waals surface area contributed by atoms with Crippen molar-refractivity contribution in [3.8, 4) is 0 Å². The third-order valence-electron chi connectivity index (χ3n) is 2.84. The van der Waals surface area contributed by atoms with E-state index in [1.807, 2.05) is 0 Å². The molecule has 1 fully saturated rings. The van der Waals surface area contributed by atoms with Crippen LogP contribution in [0, 0.1) is 0 Å². The Hall–Kier alpha value is 0.170. The van der Waals surface area contributed by atoms with Gasteiger partial charge in [-0.1, -0.05) is 0 Å². The molecule has 1 aliphatic heterocycles. The van der Waals surface area contributed by atoms with Gasteiger partial charge in [0.25, 0.3) is 0 Å². The zero-order valence-electron chi connectivity index (χ0n) is 10.6. The second-order valence-corrected chi connectivity index (χ2v) is 5.68. The highest BCUT2D eigenvalue weighted by atomic mass is 35.5. The van der Waals surface area contributed by atoms with E-state index in [4.69, 9.17) is 21.1 Å². The number of rotatable bonds is 5. The van der Waals surface area contributed by atoms with Crippen molar-refractivity contribution < 1.29 is 9.47 Å². The first-order chi connectivity index (χ1) is 7.47. The number of hydrogen-bond donors (Lipinski definition) is 1. The largest absolute Gasteiger partial charge is 0.381 e. The fraction of sp³-hybridized carbons (Fsp3) is 1.00. The summed E-state index contributed by atoms with van der Waals surface area (Å²) in [6.07, 6.45) is 1.98. The molecule has 1 rings (SSSR count). The van der Waals surface area contributed by atoms with Gasteiger partial charge >= 0.3 is 0 Å². The van der Waals surface area contributed by atoms with Crippen LogP contribution < -0.4 is 5.32 Å². The van der Waals surface area contributed by atoms with Crippen molar-refractivity contribution >= 4 is 11.6 Å². The Morgan fingerprint density at radius 2 is 1.94 bits per heavy atom. The molecule has 0 amide bonds. The average Bonchev–Trinajstić information content (AvgIpc) is 2.25. The summed E-state index contributed by atoms with van der Waals surface area (Å²) in [6.45, 7) is 9.39. The molecule has 0 unspecified atom stereocenters. The zero-order valence-corrected chi connectivity index (χ0v) is 11.4. The molecule has 0 atom stereocenters. The van der Waals surface area contributed by atoms with Crippen molar-refractivity contribution in [2.75, 3.05) is 32.2 Å². The molecule has 0 aliphatic carbocycles. The van der Waals surface area contributed by atoms with Crippen LogP contribution in [0.15, 0.2) is 0 Å². The Kier molecular flexibility index (Phi) is 5.51. The van der Waals surface area contributed by atoms with Crippen molar-refractivity contribution in [2.24, 2.45) is 0 Å². The van der Waals surface area contributed by atoms with E-state index >= 15 is 0 Å². The minimum atomic E-state index is -0.0640. The first-order valence-electron chi connectivity index (χ1n) is 6.00. The molecule has 1 N–H and O–H groups in total. The van der Waals surface area contributed by atoms with Gasteiger partial charge in [-0.2, -0.15) is 0 Å². The minimum Gasteiger partial charge on any atom is -0.381 e. The zero-order chi connectivity index (χ0) is 12.1. The summed E-state index contributed by atoms with van der Waals surface area (Å²) in [5, 5.41) is 3.52. The molecule has 1 saturated heterocycles. The highest BCUT2D eigenvalue weighted by Gasteiger charge is 2.30. The van der Waals surface area contributed by atoms with Gasteiger partial charge in [0, 0.05) is 31.2 Å². The van der Waals surface area contributed by atoms with Gasteiger partial charge in [-0.15, -0.1) is 11.6 Å². The summed E-state index contributed by atoms with van der Waals surface area (Å²) >= 11 is 6.05. The normalized spacial score (nSPS) is 21.0. The van der Waals surface area contributed by atoms with Crippen molar-refractivity contribution in [1.82, 2.24) is 5.32 Å². The summed E-state index contributed by atoms with van der Waals surface area (Å²) in [7, 11) is 0. The van der Waals surface area contributed by atoms with Crippen LogP contribution in [0.4, 0.5) is 0 Å². The van der Waals surface area contributed by atoms with Crippen molar-refractivity contribution in [2.45, 2.75) is 44.8 Å². The highest BCUT2D eigenvalue weighted by molar-refractivity contribution is 6.18. The summed E-state index contributed by atoms with van der Waals surface area (Å²) in [4.78, 5) is 0. The molecule has 0 aromatic rings. The van der Waals surface area contributed by atoms with E-state index < -0.39 is 0 Å². The smallest absolute Gasteiger partial charge is 0.0599 e. The lowest BCUT2D eigenvalue weighted by molar-refractivity contribution is -0.00833. The molecule has 0 bridgehead atoms. The van der Waals surface area contributed by atoms with Gasteiger partial charge < -0.3 is 14.8 Å². The average molecular weight is 250 g/mol. The topological polar surface area (TPSA) is 30.5 Å². The fourth-order valence-corrected chi connectivity index (χ4v) is 2.15. The molecule has 1 aliphatic rings. The Labute approximate surface area is 104 Å². The van der Waals surface area contributed by atoms with Crippen LogP contribution in [0.25, 0.3) is 0 Å². The summed E-state index contributed by atoms with van der Waals surface area (Å²) < 4.78 is 11.0. The monoisotopic (exact) mass is 249 g/mol. The molecule has 0 radical (unpaired) electrons. The molecule has 0 aromatic carbocycles. The van der Waals surface area contributed by atoms with Crippen LogP contribution in [-0.2, 0) is 9.47 Å². The van der Waals surface area contributed by atoms with E-state index in [0.717, 1.165) is 39.2 Å². The van der Waals surface area contributed by atoms with Gasteiger partial charge in [0.15, 0.2) is 0 Å². The van der Waals surface area contributed by atoms with E-state index in [1.54, 1.807) is 0 Å². The minimum absolute atomic E-state index is 0.0566. The van der Waals surface area contributed by atoms with E-state index in [2.05, 4.69) is 26.1 Å². The fourth-order valence-electron chi connectivity index (χ4n) is 1.79. The molecular formula is C12H24ClNO2. The highest BCUT2D eigenvalue weighted by Crippen LogP contribution is 2.21. The molecule has 0 saturated carbocycles. The quantitative estimate of drug-likeness (QED) is 0.599. The van der Waals surface area contributed by atoms with Crippen molar-refractivity contribution in [3.63, 3.8) is 0 Å². The van der Waals surface area contributed by atoms with Crippen molar-refractivity contribution in [1.29, 1.82) is 0 Å². The van der Waals surface area contributed by atoms with Crippen molar-refractivity contribution in [3.05, 3.63) is 0 Å². The summed E-state index contributed by atoms with van der Waals surface area (Å²) in [5.41, 5.74) is -0.00741. The van der Waals surface area contributed by atoms with Crippen LogP contribution in [0.2, 0.25) is 0 Å². The standard InChI is InChI=1S/C12H24ClNO2/c1-11(2,3)16-9-6-14-12(10-13)4-7-15-8-5-12/h14H,4-10H2,1-3H3. The first kappa shape index (κ1) is 14.2. The SMILES string of the molecule is CC(C)(C)OCCNC1(CCl)CCOCC1. The Bertz CT molecular complexity index is 198. The number of hydrogen-bond acceptors (Lipinski definition) is 3. The molecule has 96 valence electrons. The summed E-state index contributed by atoms with van der Waals surface area (Å²) in [6, 6.07) is 0. The van der Waals surface area contributed by atoms with Gasteiger partial charge in [-0.3, -0.25) is 0 Å². The Balaban J connectivity index is 2.23. The number of alkyl halides is 1. The van der Waals surface area contributed by atoms with E-state index in [9.17, 15) is 0 Å². The van der Waals surface area contributed by atoms with Crippen LogP contribution >= 0.6 is 11.6 Å². The maximum Gasteiger partial charge on any atom is 0.0599 e. The lowest BCUT2D eigenvalue weighted by Crippen LogP contribution is -2.52. The van der Waals surface area contributed by atoms with Crippen LogP contribution in [-0.4, -0.2) is 43.4 Å². The molecule has 16 heavy (non-hydrogen) atoms. The maximum absolute atomic E-state index is 6.05. The predicted octanol–water partition coefficient (Wildman–Crippen LogP) is 2.18. The van der Waals surface area contributed by atoms with Gasteiger partial charge in [0.2, 0.25) is 0 Å². The van der Waals surface area contributed by atoms with Gasteiger partial charge in [-0.05, 0) is 33.6 Å². The first-order valence-corrected chi connectivity index (χ1v) is 6.54. The lowest BCUT2D eigenvalue weighted by Gasteiger charge is -2.36. The van der Waals surface area contributed by atoms with Crippen LogP contribution in [0.1, 0.15) is 33.6 Å². The third kappa shape index (κ3) is 5.00. The molecule has 0 spiro atoms. The van der Waals surface area contributed by atoms with Gasteiger partial charge in [0.1, 0.15) is 0 Å². The Morgan fingerprint density at radius 1 is 1.31 bits per heavy atom. The van der Waals surface area contributed by atoms with Crippen LogP contribution in [0.3, 0.4) is 0 Å². The maximum atomic E-state index is 6.05.